The van der Waals surface area contributed by atoms with E-state index in [0.29, 0.717) is 0 Å². The molecule has 0 atom stereocenters. The predicted octanol–water partition coefficient (Wildman–Crippen LogP) is 5.37. The maximum absolute atomic E-state index is 7.25. The van der Waals surface area contributed by atoms with Gasteiger partial charge in [0.1, 0.15) is 5.69 Å². The third kappa shape index (κ3) is 3.33. The molecular weight excluding hydrogens is 268 g/mol. The number of thiazole rings is 1. The molecule has 0 fully saturated rings. The fraction of sp³-hybridized carbons (Fsp3) is 0.533. The van der Waals surface area contributed by atoms with Gasteiger partial charge in [0.25, 0.3) is 0 Å². The SMILES string of the molecule is CCCCN(CCCC)c1nc2cccc(N=N)c2s1. The second-order valence-electron chi connectivity index (χ2n) is 4.93. The van der Waals surface area contributed by atoms with Crippen molar-refractivity contribution in [2.24, 2.45) is 5.11 Å². The molecule has 1 heterocycles. The smallest absolute Gasteiger partial charge is 0.186 e. The van der Waals surface area contributed by atoms with Gasteiger partial charge in [-0.1, -0.05) is 44.1 Å². The Hall–Kier alpha value is -1.49. The molecule has 1 aromatic carbocycles. The first-order valence-corrected chi connectivity index (χ1v) is 8.13. The van der Waals surface area contributed by atoms with Gasteiger partial charge in [0.2, 0.25) is 0 Å². The lowest BCUT2D eigenvalue weighted by Crippen LogP contribution is -2.25. The van der Waals surface area contributed by atoms with E-state index in [0.717, 1.165) is 34.1 Å². The minimum Gasteiger partial charge on any atom is -0.348 e. The molecule has 1 N–H and O–H groups in total. The molecule has 0 aliphatic rings. The van der Waals surface area contributed by atoms with Gasteiger partial charge in [-0.3, -0.25) is 0 Å². The van der Waals surface area contributed by atoms with Crippen LogP contribution in [0.2, 0.25) is 0 Å². The topological polar surface area (TPSA) is 52.3 Å². The highest BCUT2D eigenvalue weighted by atomic mass is 32.1. The van der Waals surface area contributed by atoms with Gasteiger partial charge in [0.15, 0.2) is 5.13 Å². The van der Waals surface area contributed by atoms with E-state index in [1.807, 2.05) is 18.2 Å². The molecule has 0 unspecified atom stereocenters. The van der Waals surface area contributed by atoms with Crippen molar-refractivity contribution < 1.29 is 0 Å². The van der Waals surface area contributed by atoms with Crippen molar-refractivity contribution in [2.45, 2.75) is 39.5 Å². The van der Waals surface area contributed by atoms with Crippen molar-refractivity contribution in [2.75, 3.05) is 18.0 Å². The summed E-state index contributed by atoms with van der Waals surface area (Å²) in [5, 5.41) is 4.67. The summed E-state index contributed by atoms with van der Waals surface area (Å²) < 4.78 is 1.02. The summed E-state index contributed by atoms with van der Waals surface area (Å²) >= 11 is 1.66. The number of benzene rings is 1. The van der Waals surface area contributed by atoms with E-state index < -0.39 is 0 Å². The molecule has 20 heavy (non-hydrogen) atoms. The molecule has 108 valence electrons. The van der Waals surface area contributed by atoms with E-state index >= 15 is 0 Å². The number of unbranched alkanes of at least 4 members (excludes halogenated alkanes) is 2. The first-order chi connectivity index (χ1) is 9.80. The molecule has 0 saturated carbocycles. The molecule has 0 spiro atoms. The highest BCUT2D eigenvalue weighted by Crippen LogP contribution is 2.35. The molecule has 0 radical (unpaired) electrons. The number of nitrogens with one attached hydrogen (secondary N) is 1. The summed E-state index contributed by atoms with van der Waals surface area (Å²) in [6.45, 7) is 6.55. The highest BCUT2D eigenvalue weighted by molar-refractivity contribution is 7.22. The Morgan fingerprint density at radius 2 is 1.90 bits per heavy atom. The van der Waals surface area contributed by atoms with Gasteiger partial charge < -0.3 is 4.90 Å². The molecule has 1 aromatic heterocycles. The van der Waals surface area contributed by atoms with Crippen molar-refractivity contribution >= 4 is 32.4 Å². The minimum atomic E-state index is 0.720. The van der Waals surface area contributed by atoms with Gasteiger partial charge in [-0.2, -0.15) is 5.11 Å². The second kappa shape index (κ2) is 7.33. The molecule has 0 aliphatic carbocycles. The fourth-order valence-corrected chi connectivity index (χ4v) is 3.22. The number of anilines is 1. The van der Waals surface area contributed by atoms with Crippen LogP contribution in [0.3, 0.4) is 0 Å². The average molecular weight is 290 g/mol. The van der Waals surface area contributed by atoms with Gasteiger partial charge in [-0.05, 0) is 25.0 Å². The summed E-state index contributed by atoms with van der Waals surface area (Å²) in [5.41, 5.74) is 8.93. The average Bonchev–Trinajstić information content (AvgIpc) is 2.91. The summed E-state index contributed by atoms with van der Waals surface area (Å²) in [7, 11) is 0. The van der Waals surface area contributed by atoms with Crippen LogP contribution in [0, 0.1) is 5.53 Å². The number of fused-ring (bicyclic) bond motifs is 1. The van der Waals surface area contributed by atoms with Crippen molar-refractivity contribution in [3.8, 4) is 0 Å². The van der Waals surface area contributed by atoms with Crippen LogP contribution >= 0.6 is 11.3 Å². The van der Waals surface area contributed by atoms with Crippen LogP contribution < -0.4 is 4.90 Å². The number of aromatic nitrogens is 1. The monoisotopic (exact) mass is 290 g/mol. The van der Waals surface area contributed by atoms with Crippen molar-refractivity contribution in [3.63, 3.8) is 0 Å². The first kappa shape index (κ1) is 14.9. The Labute approximate surface area is 124 Å². The van der Waals surface area contributed by atoms with Crippen LogP contribution in [0.4, 0.5) is 10.8 Å². The van der Waals surface area contributed by atoms with Gasteiger partial charge >= 0.3 is 0 Å². The number of rotatable bonds is 8. The summed E-state index contributed by atoms with van der Waals surface area (Å²) in [4.78, 5) is 7.11. The lowest BCUT2D eigenvalue weighted by molar-refractivity contribution is 0.677. The number of hydrogen-bond acceptors (Lipinski definition) is 5. The maximum atomic E-state index is 7.25. The van der Waals surface area contributed by atoms with Gasteiger partial charge in [-0.25, -0.2) is 10.5 Å². The van der Waals surface area contributed by atoms with E-state index in [1.165, 1.54) is 25.7 Å². The van der Waals surface area contributed by atoms with Crippen molar-refractivity contribution in [1.29, 1.82) is 5.53 Å². The summed E-state index contributed by atoms with van der Waals surface area (Å²) in [6.07, 6.45) is 4.77. The van der Waals surface area contributed by atoms with Gasteiger partial charge in [0.05, 0.1) is 10.2 Å². The Balaban J connectivity index is 2.29. The molecule has 4 nitrogen and oxygen atoms in total. The van der Waals surface area contributed by atoms with Crippen LogP contribution in [-0.2, 0) is 0 Å². The van der Waals surface area contributed by atoms with Crippen LogP contribution in [-0.4, -0.2) is 18.1 Å². The normalized spacial score (nSPS) is 10.9. The van der Waals surface area contributed by atoms with E-state index in [4.69, 9.17) is 10.5 Å². The zero-order valence-corrected chi connectivity index (χ0v) is 13.0. The molecule has 0 aliphatic heterocycles. The number of hydrogen-bond donors (Lipinski definition) is 1. The Morgan fingerprint density at radius 1 is 1.20 bits per heavy atom. The third-order valence-corrected chi connectivity index (χ3v) is 4.49. The Bertz CT molecular complexity index is 556. The maximum Gasteiger partial charge on any atom is 0.186 e. The van der Waals surface area contributed by atoms with E-state index in [-0.39, 0.29) is 0 Å². The standard InChI is InChI=1S/C15H22N4S/c1-3-5-10-19(11-6-4-2)15-17-12-8-7-9-13(18-16)14(12)20-15/h7-9,16H,3-6,10-11H2,1-2H3. The number of nitrogens with zero attached hydrogens (tertiary/aromatic N) is 3. The van der Waals surface area contributed by atoms with E-state index in [1.54, 1.807) is 11.3 Å². The molecule has 2 rings (SSSR count). The lowest BCUT2D eigenvalue weighted by atomic mass is 10.3. The quantitative estimate of drug-likeness (QED) is 0.665. The lowest BCUT2D eigenvalue weighted by Gasteiger charge is -2.21. The minimum absolute atomic E-state index is 0.720. The summed E-state index contributed by atoms with van der Waals surface area (Å²) in [5.74, 6) is 0. The zero-order valence-electron chi connectivity index (χ0n) is 12.2. The van der Waals surface area contributed by atoms with E-state index in [9.17, 15) is 0 Å². The van der Waals surface area contributed by atoms with Crippen molar-refractivity contribution in [3.05, 3.63) is 18.2 Å². The van der Waals surface area contributed by atoms with E-state index in [2.05, 4.69) is 23.9 Å². The molecule has 2 aromatic rings. The fourth-order valence-electron chi connectivity index (χ4n) is 2.15. The molecule has 0 amide bonds. The molecule has 0 saturated heterocycles. The van der Waals surface area contributed by atoms with Gasteiger partial charge in [-0.15, -0.1) is 0 Å². The predicted molar refractivity (Wildman–Crippen MR) is 86.5 cm³/mol. The molecule has 5 heteroatoms. The first-order valence-electron chi connectivity index (χ1n) is 7.32. The highest BCUT2D eigenvalue weighted by Gasteiger charge is 2.13. The van der Waals surface area contributed by atoms with Gasteiger partial charge in [0, 0.05) is 13.1 Å². The van der Waals surface area contributed by atoms with Crippen LogP contribution in [0.15, 0.2) is 23.3 Å². The van der Waals surface area contributed by atoms with Crippen LogP contribution in [0.5, 0.6) is 0 Å². The zero-order chi connectivity index (χ0) is 14.4. The third-order valence-electron chi connectivity index (χ3n) is 3.34. The molecular formula is C15H22N4S. The largest absolute Gasteiger partial charge is 0.348 e. The Morgan fingerprint density at radius 3 is 2.50 bits per heavy atom. The second-order valence-corrected chi connectivity index (χ2v) is 5.91. The van der Waals surface area contributed by atoms with Crippen LogP contribution in [0.1, 0.15) is 39.5 Å². The van der Waals surface area contributed by atoms with Crippen LogP contribution in [0.25, 0.3) is 10.2 Å². The summed E-state index contributed by atoms with van der Waals surface area (Å²) in [6, 6.07) is 5.79. The molecule has 0 bridgehead atoms. The Kier molecular flexibility index (Phi) is 5.47. The van der Waals surface area contributed by atoms with Crippen molar-refractivity contribution in [1.82, 2.24) is 4.98 Å².